The normalized spacial score (nSPS) is 17.6. The molecule has 0 spiro atoms. The zero-order chi connectivity index (χ0) is 15.1. The van der Waals surface area contributed by atoms with Crippen LogP contribution in [0.25, 0.3) is 0 Å². The molecule has 1 heterocycles. The number of hydrogen-bond donors (Lipinski definition) is 1. The van der Waals surface area contributed by atoms with E-state index in [1.165, 1.54) is 5.56 Å². The average molecular weight is 286 g/mol. The van der Waals surface area contributed by atoms with Crippen LogP contribution < -0.4 is 5.32 Å². The lowest BCUT2D eigenvalue weighted by molar-refractivity contribution is 0.207. The van der Waals surface area contributed by atoms with Crippen LogP contribution >= 0.6 is 0 Å². The predicted molar refractivity (Wildman–Crippen MR) is 85.9 cm³/mol. The van der Waals surface area contributed by atoms with Crippen LogP contribution in [-0.4, -0.2) is 49.1 Å². The molecule has 0 radical (unpaired) electrons. The monoisotopic (exact) mass is 286 g/mol. The van der Waals surface area contributed by atoms with E-state index in [4.69, 9.17) is 0 Å². The Morgan fingerprint density at radius 2 is 1.81 bits per heavy atom. The van der Waals surface area contributed by atoms with Crippen LogP contribution in [0.2, 0.25) is 0 Å². The molecule has 1 aromatic carbocycles. The van der Waals surface area contributed by atoms with Crippen molar-refractivity contribution >= 4 is 0 Å². The van der Waals surface area contributed by atoms with Crippen molar-refractivity contribution in [2.45, 2.75) is 26.4 Å². The number of nitrogens with one attached hydrogen (secondary N) is 1. The van der Waals surface area contributed by atoms with Gasteiger partial charge in [-0.05, 0) is 24.2 Å². The van der Waals surface area contributed by atoms with Crippen molar-refractivity contribution in [1.82, 2.24) is 15.1 Å². The van der Waals surface area contributed by atoms with Crippen LogP contribution in [0.4, 0.5) is 0 Å². The third-order valence-electron chi connectivity index (χ3n) is 4.24. The van der Waals surface area contributed by atoms with Crippen molar-refractivity contribution in [3.8, 4) is 6.07 Å². The Morgan fingerprint density at radius 1 is 1.19 bits per heavy atom. The topological polar surface area (TPSA) is 42.3 Å². The first-order valence-electron chi connectivity index (χ1n) is 7.94. The molecule has 1 saturated heterocycles. The van der Waals surface area contributed by atoms with Gasteiger partial charge in [-0.15, -0.1) is 0 Å². The summed E-state index contributed by atoms with van der Waals surface area (Å²) >= 11 is 0. The van der Waals surface area contributed by atoms with E-state index in [9.17, 15) is 5.26 Å². The van der Waals surface area contributed by atoms with Crippen LogP contribution in [0.1, 0.15) is 31.0 Å². The Kier molecular flexibility index (Phi) is 6.19. The first-order valence-corrected chi connectivity index (χ1v) is 7.94. The lowest BCUT2D eigenvalue weighted by Crippen LogP contribution is -2.44. The molecule has 0 bridgehead atoms. The first kappa shape index (κ1) is 16.0. The summed E-state index contributed by atoms with van der Waals surface area (Å²) in [6.07, 6.45) is 0. The summed E-state index contributed by atoms with van der Waals surface area (Å²) < 4.78 is 0. The van der Waals surface area contributed by atoms with Gasteiger partial charge in [0.25, 0.3) is 0 Å². The molecule has 2 rings (SSSR count). The van der Waals surface area contributed by atoms with Crippen LogP contribution in [0.5, 0.6) is 0 Å². The van der Waals surface area contributed by atoms with E-state index in [-0.39, 0.29) is 6.04 Å². The molecular formula is C17H26N4. The lowest BCUT2D eigenvalue weighted by atomic mass is 10.0. The van der Waals surface area contributed by atoms with Gasteiger partial charge in [-0.1, -0.05) is 38.1 Å². The minimum Gasteiger partial charge on any atom is -0.314 e. The number of rotatable bonds is 6. The summed E-state index contributed by atoms with van der Waals surface area (Å²) in [6, 6.07) is 10.9. The fraction of sp³-hybridized carbons (Fsp3) is 0.588. The van der Waals surface area contributed by atoms with Crippen LogP contribution in [-0.2, 0) is 6.54 Å². The third kappa shape index (κ3) is 4.28. The summed E-state index contributed by atoms with van der Waals surface area (Å²) in [6.45, 7) is 11.3. The molecule has 0 saturated carbocycles. The van der Waals surface area contributed by atoms with Gasteiger partial charge in [0.15, 0.2) is 0 Å². The average Bonchev–Trinajstić information content (AvgIpc) is 2.55. The predicted octanol–water partition coefficient (Wildman–Crippen LogP) is 2.00. The largest absolute Gasteiger partial charge is 0.314 e. The standard InChI is InChI=1S/C17H26N4/c1-3-20(4-2)14-15-5-7-16(8-6-15)17(13-18)21-11-9-19-10-12-21/h5-8,17,19H,3-4,9-12,14H2,1-2H3. The Morgan fingerprint density at radius 3 is 2.33 bits per heavy atom. The second-order valence-electron chi connectivity index (χ2n) is 5.52. The van der Waals surface area contributed by atoms with Gasteiger partial charge in [-0.2, -0.15) is 5.26 Å². The van der Waals surface area contributed by atoms with Crippen molar-refractivity contribution in [3.63, 3.8) is 0 Å². The van der Waals surface area contributed by atoms with Crippen LogP contribution in [0.15, 0.2) is 24.3 Å². The van der Waals surface area contributed by atoms with Gasteiger partial charge in [-0.3, -0.25) is 9.80 Å². The molecule has 1 unspecified atom stereocenters. The lowest BCUT2D eigenvalue weighted by Gasteiger charge is -2.31. The second kappa shape index (κ2) is 8.14. The Balaban J connectivity index is 2.04. The molecule has 1 atom stereocenters. The molecule has 0 aromatic heterocycles. The van der Waals surface area contributed by atoms with Gasteiger partial charge in [0, 0.05) is 32.7 Å². The minimum atomic E-state index is -0.116. The first-order chi connectivity index (χ1) is 10.3. The maximum atomic E-state index is 9.50. The number of nitrogens with zero attached hydrogens (tertiary/aromatic N) is 3. The van der Waals surface area contributed by atoms with E-state index < -0.39 is 0 Å². The SMILES string of the molecule is CCN(CC)Cc1ccc(C(C#N)N2CCNCC2)cc1. The molecule has 1 fully saturated rings. The highest BCUT2D eigenvalue weighted by Gasteiger charge is 2.21. The summed E-state index contributed by atoms with van der Waals surface area (Å²) in [5, 5.41) is 12.8. The van der Waals surface area contributed by atoms with Gasteiger partial charge in [0.1, 0.15) is 6.04 Å². The van der Waals surface area contributed by atoms with Gasteiger partial charge in [-0.25, -0.2) is 0 Å². The molecule has 21 heavy (non-hydrogen) atoms. The highest BCUT2D eigenvalue weighted by molar-refractivity contribution is 5.28. The van der Waals surface area contributed by atoms with E-state index in [1.54, 1.807) is 0 Å². The number of hydrogen-bond acceptors (Lipinski definition) is 4. The third-order valence-corrected chi connectivity index (χ3v) is 4.24. The zero-order valence-corrected chi connectivity index (χ0v) is 13.2. The van der Waals surface area contributed by atoms with E-state index >= 15 is 0 Å². The smallest absolute Gasteiger partial charge is 0.123 e. The maximum absolute atomic E-state index is 9.50. The fourth-order valence-corrected chi connectivity index (χ4v) is 2.82. The quantitative estimate of drug-likeness (QED) is 0.868. The van der Waals surface area contributed by atoms with Crippen molar-refractivity contribution < 1.29 is 0 Å². The molecule has 4 nitrogen and oxygen atoms in total. The summed E-state index contributed by atoms with van der Waals surface area (Å²) in [4.78, 5) is 4.66. The van der Waals surface area contributed by atoms with Crippen molar-refractivity contribution in [2.75, 3.05) is 39.3 Å². The molecule has 1 aromatic rings. The number of piperazine rings is 1. The maximum Gasteiger partial charge on any atom is 0.123 e. The van der Waals surface area contributed by atoms with Crippen molar-refractivity contribution in [2.24, 2.45) is 0 Å². The second-order valence-corrected chi connectivity index (χ2v) is 5.52. The Hall–Kier alpha value is -1.41. The number of benzene rings is 1. The highest BCUT2D eigenvalue weighted by Crippen LogP contribution is 2.21. The van der Waals surface area contributed by atoms with Crippen molar-refractivity contribution in [3.05, 3.63) is 35.4 Å². The van der Waals surface area contributed by atoms with E-state index in [2.05, 4.69) is 59.3 Å². The molecule has 114 valence electrons. The minimum absolute atomic E-state index is 0.116. The van der Waals surface area contributed by atoms with Gasteiger partial charge in [0.2, 0.25) is 0 Å². The van der Waals surface area contributed by atoms with E-state index in [0.717, 1.165) is 51.4 Å². The Labute approximate surface area is 128 Å². The number of nitriles is 1. The van der Waals surface area contributed by atoms with Gasteiger partial charge in [0.05, 0.1) is 6.07 Å². The summed E-state index contributed by atoms with van der Waals surface area (Å²) in [7, 11) is 0. The highest BCUT2D eigenvalue weighted by atomic mass is 15.2. The van der Waals surface area contributed by atoms with Gasteiger partial charge < -0.3 is 5.32 Å². The molecule has 1 aliphatic heterocycles. The van der Waals surface area contributed by atoms with E-state index in [0.29, 0.717) is 0 Å². The van der Waals surface area contributed by atoms with Gasteiger partial charge >= 0.3 is 0 Å². The molecule has 4 heteroatoms. The summed E-state index contributed by atoms with van der Waals surface area (Å²) in [5.41, 5.74) is 2.43. The molecule has 1 N–H and O–H groups in total. The zero-order valence-electron chi connectivity index (χ0n) is 13.2. The van der Waals surface area contributed by atoms with Crippen molar-refractivity contribution in [1.29, 1.82) is 5.26 Å². The molecular weight excluding hydrogens is 260 g/mol. The molecule has 0 amide bonds. The Bertz CT molecular complexity index is 453. The molecule has 1 aliphatic rings. The molecule has 0 aliphatic carbocycles. The van der Waals surface area contributed by atoms with Crippen LogP contribution in [0, 0.1) is 11.3 Å². The van der Waals surface area contributed by atoms with E-state index in [1.807, 2.05) is 0 Å². The summed E-state index contributed by atoms with van der Waals surface area (Å²) in [5.74, 6) is 0. The van der Waals surface area contributed by atoms with Crippen LogP contribution in [0.3, 0.4) is 0 Å². The fourth-order valence-electron chi connectivity index (χ4n) is 2.82.